The van der Waals surface area contributed by atoms with Gasteiger partial charge >= 0.3 is 0 Å². The molecule has 1 fully saturated rings. The van der Waals surface area contributed by atoms with E-state index in [1.165, 1.54) is 38.2 Å². The van der Waals surface area contributed by atoms with Crippen molar-refractivity contribution in [2.45, 2.75) is 71.6 Å². The maximum Gasteiger partial charge on any atom is 0.201 e. The van der Waals surface area contributed by atoms with E-state index in [4.69, 9.17) is 9.47 Å². The topological polar surface area (TPSA) is 18.5 Å². The second kappa shape index (κ2) is 11.9. The summed E-state index contributed by atoms with van der Waals surface area (Å²) in [6.07, 6.45) is 12.8. The van der Waals surface area contributed by atoms with Crippen molar-refractivity contribution in [3.63, 3.8) is 0 Å². The molecule has 0 saturated heterocycles. The zero-order chi connectivity index (χ0) is 23.9. The molecule has 0 N–H and O–H groups in total. The van der Waals surface area contributed by atoms with Crippen LogP contribution in [0.2, 0.25) is 0 Å². The fourth-order valence-electron chi connectivity index (χ4n) is 5.70. The molecule has 0 heterocycles. The van der Waals surface area contributed by atoms with Crippen molar-refractivity contribution in [2.24, 2.45) is 17.8 Å². The van der Waals surface area contributed by atoms with Crippen LogP contribution in [0.3, 0.4) is 0 Å². The highest BCUT2D eigenvalue weighted by Gasteiger charge is 2.40. The highest BCUT2D eigenvalue weighted by Crippen LogP contribution is 2.49. The molecular weight excluding hydrogens is 430 g/mol. The maximum atomic E-state index is 14.8. The average molecular weight is 469 g/mol. The minimum Gasteiger partial charge on any atom is -0.493 e. The van der Waals surface area contributed by atoms with Crippen molar-refractivity contribution in [3.8, 4) is 22.6 Å². The van der Waals surface area contributed by atoms with E-state index in [0.29, 0.717) is 18.1 Å². The number of halogens is 2. The summed E-state index contributed by atoms with van der Waals surface area (Å²) in [4.78, 5) is 0. The highest BCUT2D eigenvalue weighted by atomic mass is 19.2. The third kappa shape index (κ3) is 5.64. The summed E-state index contributed by atoms with van der Waals surface area (Å²) in [5, 5.41) is 0. The molecule has 3 atom stereocenters. The van der Waals surface area contributed by atoms with E-state index in [2.05, 4.69) is 19.9 Å². The number of benzene rings is 2. The Labute approximate surface area is 203 Å². The summed E-state index contributed by atoms with van der Waals surface area (Å²) in [7, 11) is 0. The third-order valence-electron chi connectivity index (χ3n) is 7.57. The molecule has 34 heavy (non-hydrogen) atoms. The van der Waals surface area contributed by atoms with Crippen molar-refractivity contribution < 1.29 is 18.3 Å². The Kier molecular flexibility index (Phi) is 8.64. The first-order chi connectivity index (χ1) is 16.6. The van der Waals surface area contributed by atoms with Crippen LogP contribution in [-0.4, -0.2) is 13.2 Å². The number of fused-ring (bicyclic) bond motifs is 1. The van der Waals surface area contributed by atoms with Gasteiger partial charge in [0.2, 0.25) is 5.82 Å². The van der Waals surface area contributed by atoms with Gasteiger partial charge in [0, 0.05) is 5.56 Å². The van der Waals surface area contributed by atoms with Crippen LogP contribution in [0, 0.1) is 29.4 Å². The summed E-state index contributed by atoms with van der Waals surface area (Å²) >= 11 is 0. The van der Waals surface area contributed by atoms with Crippen LogP contribution >= 0.6 is 0 Å². The van der Waals surface area contributed by atoms with Crippen molar-refractivity contribution in [1.29, 1.82) is 0 Å². The van der Waals surface area contributed by atoms with Crippen molar-refractivity contribution in [3.05, 3.63) is 59.7 Å². The Morgan fingerprint density at radius 2 is 1.68 bits per heavy atom. The number of unbranched alkanes of at least 4 members (excludes halogenated alkanes) is 3. The number of hydrogen-bond acceptors (Lipinski definition) is 2. The van der Waals surface area contributed by atoms with E-state index >= 15 is 0 Å². The van der Waals surface area contributed by atoms with E-state index in [-0.39, 0.29) is 11.3 Å². The van der Waals surface area contributed by atoms with Gasteiger partial charge in [0.25, 0.3) is 0 Å². The second-order valence-corrected chi connectivity index (χ2v) is 9.86. The van der Waals surface area contributed by atoms with Crippen LogP contribution in [-0.2, 0) is 0 Å². The van der Waals surface area contributed by atoms with Crippen molar-refractivity contribution >= 4 is 0 Å². The molecular formula is C30H38F2O2. The van der Waals surface area contributed by atoms with E-state index < -0.39 is 11.6 Å². The number of allylic oxidation sites excluding steroid dienone is 2. The van der Waals surface area contributed by atoms with Gasteiger partial charge in [-0.1, -0.05) is 63.3 Å². The van der Waals surface area contributed by atoms with Gasteiger partial charge in [-0.15, -0.1) is 0 Å². The Hall–Kier alpha value is -2.36. The van der Waals surface area contributed by atoms with Gasteiger partial charge in [-0.2, -0.15) is 4.39 Å². The van der Waals surface area contributed by atoms with Gasteiger partial charge in [0.05, 0.1) is 13.2 Å². The Morgan fingerprint density at radius 1 is 0.853 bits per heavy atom. The predicted octanol–water partition coefficient (Wildman–Crippen LogP) is 8.74. The summed E-state index contributed by atoms with van der Waals surface area (Å²) in [5.41, 5.74) is 2.53. The zero-order valence-electron chi connectivity index (χ0n) is 20.6. The van der Waals surface area contributed by atoms with E-state index in [9.17, 15) is 8.78 Å². The maximum absolute atomic E-state index is 14.8. The molecule has 2 aliphatic rings. The van der Waals surface area contributed by atoms with Gasteiger partial charge in [0.15, 0.2) is 11.6 Å². The molecule has 2 aromatic rings. The normalized spacial score (nSPS) is 21.4. The number of rotatable bonds is 12. The molecule has 184 valence electrons. The van der Waals surface area contributed by atoms with Gasteiger partial charge < -0.3 is 9.47 Å². The highest BCUT2D eigenvalue weighted by molar-refractivity contribution is 5.66. The number of hydrogen-bond donors (Lipinski definition) is 0. The first-order valence-electron chi connectivity index (χ1n) is 13.1. The van der Waals surface area contributed by atoms with Crippen LogP contribution < -0.4 is 9.47 Å². The lowest BCUT2D eigenvalue weighted by Crippen LogP contribution is -2.18. The molecule has 0 spiro atoms. The van der Waals surface area contributed by atoms with E-state index in [1.54, 1.807) is 23.8 Å². The van der Waals surface area contributed by atoms with Crippen LogP contribution in [0.25, 0.3) is 11.1 Å². The van der Waals surface area contributed by atoms with Crippen LogP contribution in [0.1, 0.15) is 71.6 Å². The largest absolute Gasteiger partial charge is 0.493 e. The predicted molar refractivity (Wildman–Crippen MR) is 134 cm³/mol. The zero-order valence-corrected chi connectivity index (χ0v) is 20.6. The minimum atomic E-state index is -0.920. The summed E-state index contributed by atoms with van der Waals surface area (Å²) in [6.45, 7) is 5.51. The van der Waals surface area contributed by atoms with Crippen LogP contribution in [0.5, 0.6) is 11.5 Å². The molecule has 3 unspecified atom stereocenters. The fourth-order valence-corrected chi connectivity index (χ4v) is 5.70. The lowest BCUT2D eigenvalue weighted by atomic mass is 9.88. The molecule has 0 aliphatic heterocycles. The van der Waals surface area contributed by atoms with E-state index in [1.807, 2.05) is 12.1 Å². The summed E-state index contributed by atoms with van der Waals surface area (Å²) in [6, 6.07) is 10.4. The third-order valence-corrected chi connectivity index (χ3v) is 7.57. The van der Waals surface area contributed by atoms with Gasteiger partial charge in [-0.05, 0) is 79.7 Å². The Morgan fingerprint density at radius 3 is 2.44 bits per heavy atom. The van der Waals surface area contributed by atoms with Crippen LogP contribution in [0.4, 0.5) is 8.78 Å². The summed E-state index contributed by atoms with van der Waals surface area (Å²) in [5.74, 6) is 1.06. The molecule has 4 rings (SSSR count). The monoisotopic (exact) mass is 468 g/mol. The minimum absolute atomic E-state index is 0.0175. The quantitative estimate of drug-likeness (QED) is 0.229. The standard InChI is InChI=1S/C30H38F2O2/c1-3-5-6-7-19-33-28-18-17-27(29(31)30(28)32)22-9-13-24(14-10-22)34-20-23-12-16-25-21(8-4-2)11-15-26(23)25/h9-11,13-14,17-18,23,25-26H,3-8,12,15-16,19-20H2,1-2H3. The SMILES string of the molecule is CCCCCCOc1ccc(-c2ccc(OCC3CCC4C(CCC)=CCC34)cc2)c(F)c1F. The lowest BCUT2D eigenvalue weighted by Gasteiger charge is -2.20. The molecule has 2 nitrogen and oxygen atoms in total. The van der Waals surface area contributed by atoms with Gasteiger partial charge in [-0.3, -0.25) is 0 Å². The number of ether oxygens (including phenoxy) is 2. The van der Waals surface area contributed by atoms with Crippen LogP contribution in [0.15, 0.2) is 48.0 Å². The van der Waals surface area contributed by atoms with Gasteiger partial charge in [-0.25, -0.2) is 4.39 Å². The molecule has 2 aromatic carbocycles. The Bertz CT molecular complexity index is 967. The smallest absolute Gasteiger partial charge is 0.201 e. The lowest BCUT2D eigenvalue weighted by molar-refractivity contribution is 0.208. The second-order valence-electron chi connectivity index (χ2n) is 9.86. The molecule has 0 bridgehead atoms. The average Bonchev–Trinajstić information content (AvgIpc) is 3.44. The molecule has 0 aromatic heterocycles. The molecule has 0 radical (unpaired) electrons. The molecule has 0 amide bonds. The Balaban J connectivity index is 1.32. The van der Waals surface area contributed by atoms with E-state index in [0.717, 1.165) is 49.9 Å². The summed E-state index contributed by atoms with van der Waals surface area (Å²) < 4.78 is 40.9. The first-order valence-corrected chi connectivity index (χ1v) is 13.1. The molecule has 1 saturated carbocycles. The molecule has 2 aliphatic carbocycles. The molecule has 4 heteroatoms. The van der Waals surface area contributed by atoms with Gasteiger partial charge in [0.1, 0.15) is 5.75 Å². The fraction of sp³-hybridized carbons (Fsp3) is 0.533. The first kappa shape index (κ1) is 24.8. The van der Waals surface area contributed by atoms with Crippen molar-refractivity contribution in [1.82, 2.24) is 0 Å². The van der Waals surface area contributed by atoms with Crippen molar-refractivity contribution in [2.75, 3.05) is 13.2 Å².